The summed E-state index contributed by atoms with van der Waals surface area (Å²) in [7, 11) is 0. The van der Waals surface area contributed by atoms with Gasteiger partial charge in [0, 0.05) is 28.0 Å². The number of nitrogens with zero attached hydrogens (tertiary/aromatic N) is 1. The van der Waals surface area contributed by atoms with Crippen molar-refractivity contribution in [3.63, 3.8) is 0 Å². The standard InChI is InChI=1S/C13H14Br2N2O2/c14-9-1-2-11(15)10(7-9)13(19)17-5-3-8(4-6-17)12(16)18/h1-2,7-8H,3-6H2,(H2,16,18). The van der Waals surface area contributed by atoms with Gasteiger partial charge in [0.05, 0.1) is 5.56 Å². The van der Waals surface area contributed by atoms with Gasteiger partial charge in [-0.05, 0) is 47.0 Å². The summed E-state index contributed by atoms with van der Waals surface area (Å²) in [6, 6.07) is 5.51. The third-order valence-electron chi connectivity index (χ3n) is 3.34. The molecule has 0 saturated carbocycles. The quantitative estimate of drug-likeness (QED) is 0.844. The van der Waals surface area contributed by atoms with Crippen molar-refractivity contribution in [1.29, 1.82) is 0 Å². The van der Waals surface area contributed by atoms with E-state index >= 15 is 0 Å². The van der Waals surface area contributed by atoms with Gasteiger partial charge >= 0.3 is 0 Å². The fourth-order valence-electron chi connectivity index (χ4n) is 2.20. The first-order chi connectivity index (χ1) is 8.99. The number of carbonyl (C=O) groups excluding carboxylic acids is 2. The minimum Gasteiger partial charge on any atom is -0.369 e. The smallest absolute Gasteiger partial charge is 0.255 e. The molecule has 1 fully saturated rings. The first-order valence-electron chi connectivity index (χ1n) is 6.02. The van der Waals surface area contributed by atoms with Crippen LogP contribution in [0.1, 0.15) is 23.2 Å². The van der Waals surface area contributed by atoms with Crippen molar-refractivity contribution in [3.05, 3.63) is 32.7 Å². The summed E-state index contributed by atoms with van der Waals surface area (Å²) in [4.78, 5) is 25.3. The van der Waals surface area contributed by atoms with E-state index in [4.69, 9.17) is 5.73 Å². The van der Waals surface area contributed by atoms with Crippen LogP contribution in [0.2, 0.25) is 0 Å². The van der Waals surface area contributed by atoms with E-state index in [-0.39, 0.29) is 17.7 Å². The lowest BCUT2D eigenvalue weighted by Gasteiger charge is -2.30. The number of likely N-dealkylation sites (tertiary alicyclic amines) is 1. The van der Waals surface area contributed by atoms with Gasteiger partial charge in [0.2, 0.25) is 5.91 Å². The van der Waals surface area contributed by atoms with E-state index in [1.165, 1.54) is 0 Å². The number of carbonyl (C=O) groups is 2. The number of halogens is 2. The minimum absolute atomic E-state index is 0.0175. The molecule has 0 unspecified atom stereocenters. The third kappa shape index (κ3) is 3.36. The maximum Gasteiger partial charge on any atom is 0.255 e. The van der Waals surface area contributed by atoms with Gasteiger partial charge < -0.3 is 10.6 Å². The zero-order chi connectivity index (χ0) is 14.0. The summed E-state index contributed by atoms with van der Waals surface area (Å²) < 4.78 is 1.64. The normalized spacial score (nSPS) is 16.4. The number of benzene rings is 1. The molecular formula is C13H14Br2N2O2. The Labute approximate surface area is 128 Å². The molecule has 0 radical (unpaired) electrons. The van der Waals surface area contributed by atoms with Gasteiger partial charge in [-0.25, -0.2) is 0 Å². The highest BCUT2D eigenvalue weighted by molar-refractivity contribution is 9.11. The Morgan fingerprint density at radius 2 is 1.84 bits per heavy atom. The van der Waals surface area contributed by atoms with Crippen LogP contribution in [0.25, 0.3) is 0 Å². The molecule has 1 aromatic carbocycles. The number of piperidine rings is 1. The lowest BCUT2D eigenvalue weighted by molar-refractivity contribution is -0.123. The Kier molecular flexibility index (Phi) is 4.62. The molecule has 2 N–H and O–H groups in total. The van der Waals surface area contributed by atoms with E-state index < -0.39 is 0 Å². The fourth-order valence-corrected chi connectivity index (χ4v) is 2.98. The lowest BCUT2D eigenvalue weighted by Crippen LogP contribution is -2.41. The molecule has 0 aromatic heterocycles. The highest BCUT2D eigenvalue weighted by atomic mass is 79.9. The molecule has 0 bridgehead atoms. The van der Waals surface area contributed by atoms with Gasteiger partial charge in [-0.1, -0.05) is 15.9 Å². The number of hydrogen-bond acceptors (Lipinski definition) is 2. The fraction of sp³-hybridized carbons (Fsp3) is 0.385. The summed E-state index contributed by atoms with van der Waals surface area (Å²) in [6.45, 7) is 1.15. The highest BCUT2D eigenvalue weighted by Gasteiger charge is 2.27. The van der Waals surface area contributed by atoms with Crippen LogP contribution < -0.4 is 5.73 Å². The molecule has 0 atom stereocenters. The van der Waals surface area contributed by atoms with Crippen molar-refractivity contribution in [2.45, 2.75) is 12.8 Å². The maximum atomic E-state index is 12.4. The van der Waals surface area contributed by atoms with Crippen molar-refractivity contribution in [2.24, 2.45) is 11.7 Å². The van der Waals surface area contributed by atoms with Gasteiger partial charge in [-0.3, -0.25) is 9.59 Å². The molecule has 102 valence electrons. The topological polar surface area (TPSA) is 63.4 Å². The average Bonchev–Trinajstić information content (AvgIpc) is 2.41. The van der Waals surface area contributed by atoms with E-state index in [0.717, 1.165) is 8.95 Å². The second kappa shape index (κ2) is 6.05. The Morgan fingerprint density at radius 1 is 1.21 bits per heavy atom. The largest absolute Gasteiger partial charge is 0.369 e. The molecule has 0 spiro atoms. The van der Waals surface area contributed by atoms with Crippen molar-refractivity contribution in [2.75, 3.05) is 13.1 Å². The summed E-state index contributed by atoms with van der Waals surface area (Å²) in [6.07, 6.45) is 1.29. The second-order valence-corrected chi connectivity index (χ2v) is 6.36. The predicted octanol–water partition coefficient (Wildman–Crippen LogP) is 2.55. The Bertz CT molecular complexity index is 511. The van der Waals surface area contributed by atoms with E-state index in [1.54, 1.807) is 11.0 Å². The van der Waals surface area contributed by atoms with Crippen LogP contribution in [0.3, 0.4) is 0 Å². The number of nitrogens with two attached hydrogens (primary N) is 1. The molecule has 19 heavy (non-hydrogen) atoms. The molecular weight excluding hydrogens is 376 g/mol. The van der Waals surface area contributed by atoms with E-state index in [0.29, 0.717) is 31.5 Å². The SMILES string of the molecule is NC(=O)C1CCN(C(=O)c2cc(Br)ccc2Br)CC1. The summed E-state index contributed by atoms with van der Waals surface area (Å²) >= 11 is 6.75. The summed E-state index contributed by atoms with van der Waals surface area (Å²) in [5.41, 5.74) is 5.92. The molecule has 1 aliphatic rings. The van der Waals surface area contributed by atoms with Crippen LogP contribution in [-0.2, 0) is 4.79 Å². The molecule has 0 aliphatic carbocycles. The number of primary amides is 1. The predicted molar refractivity (Wildman–Crippen MR) is 79.7 cm³/mol. The first-order valence-corrected chi connectivity index (χ1v) is 7.61. The van der Waals surface area contributed by atoms with Gasteiger partial charge in [0.25, 0.3) is 5.91 Å². The zero-order valence-electron chi connectivity index (χ0n) is 10.2. The van der Waals surface area contributed by atoms with Crippen molar-refractivity contribution in [3.8, 4) is 0 Å². The number of amides is 2. The van der Waals surface area contributed by atoms with Gasteiger partial charge in [-0.15, -0.1) is 0 Å². The average molecular weight is 390 g/mol. The molecule has 1 heterocycles. The van der Waals surface area contributed by atoms with Crippen LogP contribution in [0.15, 0.2) is 27.1 Å². The monoisotopic (exact) mass is 388 g/mol. The highest BCUT2D eigenvalue weighted by Crippen LogP contribution is 2.25. The maximum absolute atomic E-state index is 12.4. The van der Waals surface area contributed by atoms with Crippen LogP contribution in [0.5, 0.6) is 0 Å². The molecule has 1 saturated heterocycles. The lowest BCUT2D eigenvalue weighted by atomic mass is 9.96. The Balaban J connectivity index is 2.09. The van der Waals surface area contributed by atoms with Crippen LogP contribution in [0, 0.1) is 5.92 Å². The molecule has 4 nitrogen and oxygen atoms in total. The minimum atomic E-state index is -0.268. The van der Waals surface area contributed by atoms with Crippen LogP contribution in [-0.4, -0.2) is 29.8 Å². The van der Waals surface area contributed by atoms with E-state index in [1.807, 2.05) is 12.1 Å². The van der Waals surface area contributed by atoms with Crippen LogP contribution >= 0.6 is 31.9 Å². The van der Waals surface area contributed by atoms with Gasteiger partial charge in [-0.2, -0.15) is 0 Å². The Morgan fingerprint density at radius 3 is 2.42 bits per heavy atom. The molecule has 2 rings (SSSR count). The molecule has 6 heteroatoms. The summed E-state index contributed by atoms with van der Waals surface area (Å²) in [5, 5.41) is 0. The molecule has 2 amide bonds. The van der Waals surface area contributed by atoms with E-state index in [2.05, 4.69) is 31.9 Å². The summed E-state index contributed by atoms with van der Waals surface area (Å²) in [5.74, 6) is -0.387. The van der Waals surface area contributed by atoms with E-state index in [9.17, 15) is 9.59 Å². The molecule has 1 aromatic rings. The second-order valence-electron chi connectivity index (χ2n) is 4.59. The molecule has 1 aliphatic heterocycles. The Hall–Kier alpha value is -0.880. The van der Waals surface area contributed by atoms with Crippen molar-refractivity contribution in [1.82, 2.24) is 4.90 Å². The number of rotatable bonds is 2. The third-order valence-corrected chi connectivity index (χ3v) is 4.53. The van der Waals surface area contributed by atoms with Crippen molar-refractivity contribution < 1.29 is 9.59 Å². The van der Waals surface area contributed by atoms with Gasteiger partial charge in [0.15, 0.2) is 0 Å². The van der Waals surface area contributed by atoms with Crippen molar-refractivity contribution >= 4 is 43.7 Å². The first kappa shape index (κ1) is 14.5. The van der Waals surface area contributed by atoms with Crippen LogP contribution in [0.4, 0.5) is 0 Å². The van der Waals surface area contributed by atoms with Gasteiger partial charge in [0.1, 0.15) is 0 Å². The number of hydrogen-bond donors (Lipinski definition) is 1. The zero-order valence-corrected chi connectivity index (χ0v) is 13.4.